The molecule has 34 heavy (non-hydrogen) atoms. The number of thiophene rings is 1. The van der Waals surface area contributed by atoms with Crippen molar-refractivity contribution >= 4 is 45.0 Å². The fourth-order valence-electron chi connectivity index (χ4n) is 4.01. The van der Waals surface area contributed by atoms with Crippen LogP contribution in [-0.2, 0) is 31.9 Å². The number of rotatable bonds is 8. The predicted molar refractivity (Wildman–Crippen MR) is 130 cm³/mol. The third-order valence-electron chi connectivity index (χ3n) is 5.69. The maximum atomic E-state index is 12.6. The van der Waals surface area contributed by atoms with E-state index < -0.39 is 24.5 Å². The van der Waals surface area contributed by atoms with E-state index in [1.165, 1.54) is 11.3 Å². The number of carbonyl (C=O) groups is 3. The van der Waals surface area contributed by atoms with Crippen molar-refractivity contribution < 1.29 is 28.6 Å². The van der Waals surface area contributed by atoms with Crippen molar-refractivity contribution in [1.29, 1.82) is 0 Å². The maximum Gasteiger partial charge on any atom is 0.344 e. The first-order valence-electron chi connectivity index (χ1n) is 11.3. The Morgan fingerprint density at radius 2 is 1.85 bits per heavy atom. The minimum absolute atomic E-state index is 0.252. The number of hydrogen-bond donors (Lipinski definition) is 1. The summed E-state index contributed by atoms with van der Waals surface area (Å²) >= 11 is 1.39. The van der Waals surface area contributed by atoms with Gasteiger partial charge in [-0.3, -0.25) is 4.79 Å². The van der Waals surface area contributed by atoms with E-state index in [2.05, 4.69) is 12.2 Å². The van der Waals surface area contributed by atoms with E-state index in [9.17, 15) is 14.4 Å². The van der Waals surface area contributed by atoms with Gasteiger partial charge >= 0.3 is 11.9 Å². The zero-order valence-corrected chi connectivity index (χ0v) is 20.0. The fraction of sp³-hybridized carbons (Fsp3) is 0.346. The van der Waals surface area contributed by atoms with Crippen molar-refractivity contribution in [2.24, 2.45) is 5.92 Å². The molecule has 8 heteroatoms. The third-order valence-corrected chi connectivity index (χ3v) is 6.86. The highest BCUT2D eigenvalue weighted by atomic mass is 32.1. The summed E-state index contributed by atoms with van der Waals surface area (Å²) in [6.07, 6.45) is 2.62. The van der Waals surface area contributed by atoms with Crippen LogP contribution in [0.4, 0.5) is 5.00 Å². The second-order valence-electron chi connectivity index (χ2n) is 8.28. The van der Waals surface area contributed by atoms with Gasteiger partial charge < -0.3 is 19.5 Å². The van der Waals surface area contributed by atoms with Gasteiger partial charge in [-0.2, -0.15) is 0 Å². The van der Waals surface area contributed by atoms with Crippen molar-refractivity contribution in [1.82, 2.24) is 0 Å². The molecule has 1 aliphatic rings. The molecule has 1 aliphatic carbocycles. The average Bonchev–Trinajstić information content (AvgIpc) is 3.18. The van der Waals surface area contributed by atoms with Crippen LogP contribution in [0, 0.1) is 5.92 Å². The number of fused-ring (bicyclic) bond motifs is 2. The van der Waals surface area contributed by atoms with Crippen molar-refractivity contribution in [2.75, 3.05) is 25.1 Å². The number of hydrogen-bond acceptors (Lipinski definition) is 7. The third kappa shape index (κ3) is 5.56. The molecule has 0 saturated heterocycles. The quantitative estimate of drug-likeness (QED) is 0.467. The molecule has 0 bridgehead atoms. The van der Waals surface area contributed by atoms with E-state index in [-0.39, 0.29) is 13.2 Å². The summed E-state index contributed by atoms with van der Waals surface area (Å²) < 4.78 is 15.8. The molecule has 1 amide bonds. The monoisotopic (exact) mass is 481 g/mol. The van der Waals surface area contributed by atoms with Gasteiger partial charge in [0, 0.05) is 4.88 Å². The van der Waals surface area contributed by atoms with Crippen LogP contribution < -0.4 is 10.1 Å². The lowest BCUT2D eigenvalue weighted by atomic mass is 9.88. The molecule has 4 rings (SSSR count). The van der Waals surface area contributed by atoms with Gasteiger partial charge in [0.15, 0.2) is 13.2 Å². The summed E-state index contributed by atoms with van der Waals surface area (Å²) in [4.78, 5) is 38.2. The minimum atomic E-state index is -0.659. The normalized spacial score (nSPS) is 14.8. The van der Waals surface area contributed by atoms with Crippen molar-refractivity contribution in [3.8, 4) is 5.75 Å². The number of benzene rings is 2. The second-order valence-corrected chi connectivity index (χ2v) is 9.39. The Morgan fingerprint density at radius 1 is 1.06 bits per heavy atom. The molecule has 178 valence electrons. The van der Waals surface area contributed by atoms with Crippen molar-refractivity contribution in [3.63, 3.8) is 0 Å². The summed E-state index contributed by atoms with van der Waals surface area (Å²) in [5, 5.41) is 5.25. The lowest BCUT2D eigenvalue weighted by Crippen LogP contribution is -2.24. The number of esters is 2. The molecule has 7 nitrogen and oxygen atoms in total. The Morgan fingerprint density at radius 3 is 2.65 bits per heavy atom. The first kappa shape index (κ1) is 23.8. The summed E-state index contributed by atoms with van der Waals surface area (Å²) in [6, 6.07) is 13.3. The predicted octanol–water partition coefficient (Wildman–Crippen LogP) is 4.76. The summed E-state index contributed by atoms with van der Waals surface area (Å²) in [5.74, 6) is -0.555. The standard InChI is InChI=1S/C26H27NO6S/c1-3-31-26(30)24-20-11-8-16(2)12-21(20)34-25(24)27-22(28)14-33-23(29)15-32-19-10-9-17-6-4-5-7-18(17)13-19/h4-7,9-10,13,16H,3,8,11-12,14-15H2,1-2H3,(H,27,28). The lowest BCUT2D eigenvalue weighted by molar-refractivity contribution is -0.149. The lowest BCUT2D eigenvalue weighted by Gasteiger charge is -2.18. The Labute approximate surface area is 202 Å². The van der Waals surface area contributed by atoms with Crippen LogP contribution >= 0.6 is 11.3 Å². The SMILES string of the molecule is CCOC(=O)c1c(NC(=O)COC(=O)COc2ccc3ccccc3c2)sc2c1CCC(C)C2. The van der Waals surface area contributed by atoms with Gasteiger partial charge in [-0.15, -0.1) is 11.3 Å². The van der Waals surface area contributed by atoms with E-state index in [1.807, 2.05) is 36.4 Å². The zero-order chi connectivity index (χ0) is 24.1. The van der Waals surface area contributed by atoms with Crippen molar-refractivity contribution in [3.05, 3.63) is 58.5 Å². The number of amides is 1. The molecule has 0 radical (unpaired) electrons. The largest absolute Gasteiger partial charge is 0.482 e. The Balaban J connectivity index is 1.33. The van der Waals surface area contributed by atoms with E-state index in [1.54, 1.807) is 13.0 Å². The van der Waals surface area contributed by atoms with Gasteiger partial charge in [0.2, 0.25) is 0 Å². The fourth-order valence-corrected chi connectivity index (χ4v) is 5.42. The zero-order valence-electron chi connectivity index (χ0n) is 19.2. The minimum Gasteiger partial charge on any atom is -0.482 e. The molecule has 0 saturated carbocycles. The molecular formula is C26H27NO6S. The average molecular weight is 482 g/mol. The highest BCUT2D eigenvalue weighted by molar-refractivity contribution is 7.17. The first-order valence-corrected chi connectivity index (χ1v) is 12.1. The van der Waals surface area contributed by atoms with Crippen LogP contribution in [0.1, 0.15) is 41.1 Å². The number of nitrogens with one attached hydrogen (secondary N) is 1. The summed E-state index contributed by atoms with van der Waals surface area (Å²) in [7, 11) is 0. The van der Waals surface area contributed by atoms with Gasteiger partial charge in [-0.1, -0.05) is 37.3 Å². The van der Waals surface area contributed by atoms with E-state index >= 15 is 0 Å². The highest BCUT2D eigenvalue weighted by Gasteiger charge is 2.29. The maximum absolute atomic E-state index is 12.6. The number of carbonyl (C=O) groups excluding carboxylic acids is 3. The van der Waals surface area contributed by atoms with Crippen molar-refractivity contribution in [2.45, 2.75) is 33.1 Å². The highest BCUT2D eigenvalue weighted by Crippen LogP contribution is 2.40. The molecular weight excluding hydrogens is 454 g/mol. The van der Waals surface area contributed by atoms with Gasteiger partial charge in [0.05, 0.1) is 12.2 Å². The molecule has 1 unspecified atom stereocenters. The van der Waals surface area contributed by atoms with Crippen LogP contribution in [0.5, 0.6) is 5.75 Å². The van der Waals surface area contributed by atoms with Crippen LogP contribution in [0.2, 0.25) is 0 Å². The van der Waals surface area contributed by atoms with Crippen LogP contribution in [0.25, 0.3) is 10.8 Å². The molecule has 0 spiro atoms. The van der Waals surface area contributed by atoms with Crippen LogP contribution in [0.3, 0.4) is 0 Å². The summed E-state index contributed by atoms with van der Waals surface area (Å²) in [6.45, 7) is 3.38. The molecule has 1 aromatic heterocycles. The van der Waals surface area contributed by atoms with Gasteiger partial charge in [-0.05, 0) is 60.6 Å². The smallest absolute Gasteiger partial charge is 0.344 e. The molecule has 2 aromatic carbocycles. The molecule has 3 aromatic rings. The molecule has 0 aliphatic heterocycles. The van der Waals surface area contributed by atoms with Crippen LogP contribution in [0.15, 0.2) is 42.5 Å². The molecule has 1 N–H and O–H groups in total. The van der Waals surface area contributed by atoms with Crippen LogP contribution in [-0.4, -0.2) is 37.7 Å². The van der Waals surface area contributed by atoms with E-state index in [0.29, 0.717) is 22.2 Å². The van der Waals surface area contributed by atoms with E-state index in [4.69, 9.17) is 14.2 Å². The molecule has 1 heterocycles. The summed E-state index contributed by atoms with van der Waals surface area (Å²) in [5.41, 5.74) is 1.38. The Kier molecular flexibility index (Phi) is 7.47. The van der Waals surface area contributed by atoms with Gasteiger partial charge in [0.25, 0.3) is 5.91 Å². The molecule has 0 fully saturated rings. The van der Waals surface area contributed by atoms with E-state index in [0.717, 1.165) is 40.5 Å². The Hall–Kier alpha value is -3.39. The first-order chi connectivity index (χ1) is 16.4. The van der Waals surface area contributed by atoms with Gasteiger partial charge in [0.1, 0.15) is 10.8 Å². The topological polar surface area (TPSA) is 90.9 Å². The van der Waals surface area contributed by atoms with Gasteiger partial charge in [-0.25, -0.2) is 9.59 Å². The number of anilines is 1. The number of ether oxygens (including phenoxy) is 3. The molecule has 1 atom stereocenters. The Bertz CT molecular complexity index is 1220. The second kappa shape index (κ2) is 10.7.